The molecule has 0 radical (unpaired) electrons. The van der Waals surface area contributed by atoms with E-state index in [0.29, 0.717) is 11.7 Å². The number of carbonyl (C=O) groups excluding carboxylic acids is 1. The first-order valence-electron chi connectivity index (χ1n) is 6.89. The summed E-state index contributed by atoms with van der Waals surface area (Å²) in [6, 6.07) is -0.157. The SMILES string of the molecule is COCC(C)NC(=S)NC(C)C(=O)N1CCCCC1. The highest BCUT2D eigenvalue weighted by Gasteiger charge is 2.22. The molecule has 2 unspecified atom stereocenters. The second kappa shape index (κ2) is 8.32. The van der Waals surface area contributed by atoms with Crippen molar-refractivity contribution in [2.45, 2.75) is 45.2 Å². The Morgan fingerprint density at radius 2 is 1.89 bits per heavy atom. The van der Waals surface area contributed by atoms with Crippen LogP contribution in [0, 0.1) is 0 Å². The Balaban J connectivity index is 2.34. The molecule has 0 bridgehead atoms. The molecule has 1 aliphatic rings. The van der Waals surface area contributed by atoms with Crippen LogP contribution in [-0.2, 0) is 9.53 Å². The molecule has 5 nitrogen and oxygen atoms in total. The van der Waals surface area contributed by atoms with Crippen molar-refractivity contribution in [1.82, 2.24) is 15.5 Å². The van der Waals surface area contributed by atoms with Crippen molar-refractivity contribution in [3.05, 3.63) is 0 Å². The Morgan fingerprint density at radius 1 is 1.26 bits per heavy atom. The first kappa shape index (κ1) is 16.2. The number of piperidine rings is 1. The number of nitrogens with zero attached hydrogens (tertiary/aromatic N) is 1. The Bertz CT molecular complexity index is 306. The Labute approximate surface area is 121 Å². The fraction of sp³-hybridized carbons (Fsp3) is 0.846. The van der Waals surface area contributed by atoms with Gasteiger partial charge in [-0.25, -0.2) is 0 Å². The van der Waals surface area contributed by atoms with Crippen LogP contribution in [0.2, 0.25) is 0 Å². The summed E-state index contributed by atoms with van der Waals surface area (Å²) in [5, 5.41) is 6.64. The van der Waals surface area contributed by atoms with E-state index in [0.717, 1.165) is 25.9 Å². The van der Waals surface area contributed by atoms with Crippen molar-refractivity contribution in [1.29, 1.82) is 0 Å². The highest BCUT2D eigenvalue weighted by molar-refractivity contribution is 7.80. The molecule has 2 atom stereocenters. The van der Waals surface area contributed by atoms with Crippen LogP contribution < -0.4 is 10.6 Å². The van der Waals surface area contributed by atoms with E-state index in [1.165, 1.54) is 6.42 Å². The molecule has 0 spiro atoms. The van der Waals surface area contributed by atoms with E-state index in [1.807, 2.05) is 18.7 Å². The molecule has 19 heavy (non-hydrogen) atoms. The van der Waals surface area contributed by atoms with Crippen LogP contribution in [0.15, 0.2) is 0 Å². The van der Waals surface area contributed by atoms with Crippen molar-refractivity contribution in [2.75, 3.05) is 26.8 Å². The zero-order valence-corrected chi connectivity index (χ0v) is 12.9. The number of hydrogen-bond acceptors (Lipinski definition) is 3. The Hall–Kier alpha value is -0.880. The molecule has 110 valence electrons. The number of carbonyl (C=O) groups is 1. The van der Waals surface area contributed by atoms with Gasteiger partial charge in [0.15, 0.2) is 5.11 Å². The molecule has 0 saturated carbocycles. The molecule has 2 N–H and O–H groups in total. The number of amides is 1. The van der Waals surface area contributed by atoms with Gasteiger partial charge in [-0.2, -0.15) is 0 Å². The first-order valence-corrected chi connectivity index (χ1v) is 7.30. The Kier molecular flexibility index (Phi) is 7.09. The van der Waals surface area contributed by atoms with Crippen molar-refractivity contribution in [2.24, 2.45) is 0 Å². The molecule has 0 aromatic rings. The molecular weight excluding hydrogens is 262 g/mol. The minimum absolute atomic E-state index is 0.127. The second-order valence-electron chi connectivity index (χ2n) is 5.08. The highest BCUT2D eigenvalue weighted by atomic mass is 32.1. The van der Waals surface area contributed by atoms with Crippen LogP contribution in [0.3, 0.4) is 0 Å². The number of nitrogens with one attached hydrogen (secondary N) is 2. The maximum Gasteiger partial charge on any atom is 0.244 e. The molecule has 1 saturated heterocycles. The monoisotopic (exact) mass is 287 g/mol. The van der Waals surface area contributed by atoms with Gasteiger partial charge in [0.25, 0.3) is 0 Å². The lowest BCUT2D eigenvalue weighted by Gasteiger charge is -2.30. The maximum absolute atomic E-state index is 12.2. The average Bonchev–Trinajstić information content (AvgIpc) is 2.38. The van der Waals surface area contributed by atoms with Gasteiger partial charge in [-0.05, 0) is 45.3 Å². The normalized spacial score (nSPS) is 18.6. The van der Waals surface area contributed by atoms with Gasteiger partial charge < -0.3 is 20.3 Å². The van der Waals surface area contributed by atoms with Gasteiger partial charge in [0.2, 0.25) is 5.91 Å². The van der Waals surface area contributed by atoms with Crippen LogP contribution in [0.5, 0.6) is 0 Å². The molecule has 0 aromatic carbocycles. The number of thiocarbonyl (C=S) groups is 1. The fourth-order valence-corrected chi connectivity index (χ4v) is 2.58. The summed E-state index contributed by atoms with van der Waals surface area (Å²) in [5.41, 5.74) is 0. The van der Waals surface area contributed by atoms with Gasteiger partial charge in [0.05, 0.1) is 6.61 Å². The largest absolute Gasteiger partial charge is 0.383 e. The number of hydrogen-bond donors (Lipinski definition) is 2. The van der Waals surface area contributed by atoms with Crippen molar-refractivity contribution in [3.8, 4) is 0 Å². The quantitative estimate of drug-likeness (QED) is 0.736. The van der Waals surface area contributed by atoms with Gasteiger partial charge in [-0.1, -0.05) is 0 Å². The lowest BCUT2D eigenvalue weighted by Crippen LogP contribution is -2.52. The second-order valence-corrected chi connectivity index (χ2v) is 5.49. The molecule has 6 heteroatoms. The van der Waals surface area contributed by atoms with Crippen molar-refractivity contribution in [3.63, 3.8) is 0 Å². The van der Waals surface area contributed by atoms with Crippen LogP contribution in [0.4, 0.5) is 0 Å². The van der Waals surface area contributed by atoms with E-state index in [1.54, 1.807) is 7.11 Å². The van der Waals surface area contributed by atoms with Crippen LogP contribution in [0.1, 0.15) is 33.1 Å². The third-order valence-corrected chi connectivity index (χ3v) is 3.42. The predicted octanol–water partition coefficient (Wildman–Crippen LogP) is 0.886. The van der Waals surface area contributed by atoms with E-state index < -0.39 is 0 Å². The third-order valence-electron chi connectivity index (χ3n) is 3.18. The number of likely N-dealkylation sites (tertiary alicyclic amines) is 1. The van der Waals surface area contributed by atoms with Gasteiger partial charge in [0, 0.05) is 26.2 Å². The predicted molar refractivity (Wildman–Crippen MR) is 80.1 cm³/mol. The lowest BCUT2D eigenvalue weighted by molar-refractivity contribution is -0.133. The zero-order valence-electron chi connectivity index (χ0n) is 12.1. The van der Waals surface area contributed by atoms with Gasteiger partial charge in [-0.15, -0.1) is 0 Å². The van der Waals surface area contributed by atoms with Crippen LogP contribution in [0.25, 0.3) is 0 Å². The van der Waals surface area contributed by atoms with Crippen molar-refractivity contribution < 1.29 is 9.53 Å². The standard InChI is InChI=1S/C13H25N3O2S/c1-10(9-18-3)14-13(19)15-11(2)12(17)16-7-5-4-6-8-16/h10-11H,4-9H2,1-3H3,(H2,14,15,19). The summed E-state index contributed by atoms with van der Waals surface area (Å²) in [6.45, 7) is 6.15. The minimum Gasteiger partial charge on any atom is -0.383 e. The zero-order chi connectivity index (χ0) is 14.3. The minimum atomic E-state index is -0.284. The topological polar surface area (TPSA) is 53.6 Å². The summed E-state index contributed by atoms with van der Waals surface area (Å²) >= 11 is 5.19. The molecule has 0 aromatic heterocycles. The first-order chi connectivity index (χ1) is 9.04. The smallest absolute Gasteiger partial charge is 0.244 e. The average molecular weight is 287 g/mol. The molecular formula is C13H25N3O2S. The summed E-state index contributed by atoms with van der Waals surface area (Å²) in [4.78, 5) is 14.1. The number of ether oxygens (including phenoxy) is 1. The van der Waals surface area contributed by atoms with E-state index >= 15 is 0 Å². The third kappa shape index (κ3) is 5.74. The molecule has 1 fully saturated rings. The van der Waals surface area contributed by atoms with E-state index in [2.05, 4.69) is 10.6 Å². The molecule has 1 rings (SSSR count). The van der Waals surface area contributed by atoms with Crippen molar-refractivity contribution >= 4 is 23.2 Å². The molecule has 0 aliphatic carbocycles. The fourth-order valence-electron chi connectivity index (χ4n) is 2.20. The number of methoxy groups -OCH3 is 1. The highest BCUT2D eigenvalue weighted by Crippen LogP contribution is 2.09. The molecule has 1 heterocycles. The van der Waals surface area contributed by atoms with Gasteiger partial charge in [0.1, 0.15) is 6.04 Å². The Morgan fingerprint density at radius 3 is 2.47 bits per heavy atom. The summed E-state index contributed by atoms with van der Waals surface area (Å²) in [5.74, 6) is 0.128. The lowest BCUT2D eigenvalue weighted by atomic mass is 10.1. The summed E-state index contributed by atoms with van der Waals surface area (Å²) < 4.78 is 5.03. The molecule has 1 aliphatic heterocycles. The van der Waals surface area contributed by atoms with E-state index in [9.17, 15) is 4.79 Å². The van der Waals surface area contributed by atoms with Gasteiger partial charge in [-0.3, -0.25) is 4.79 Å². The maximum atomic E-state index is 12.2. The van der Waals surface area contributed by atoms with Crippen LogP contribution in [-0.4, -0.2) is 54.8 Å². The summed E-state index contributed by atoms with van der Waals surface area (Å²) in [6.07, 6.45) is 3.43. The summed E-state index contributed by atoms with van der Waals surface area (Å²) in [7, 11) is 1.65. The van der Waals surface area contributed by atoms with E-state index in [-0.39, 0.29) is 18.0 Å². The van der Waals surface area contributed by atoms with Crippen LogP contribution >= 0.6 is 12.2 Å². The number of rotatable bonds is 5. The van der Waals surface area contributed by atoms with Gasteiger partial charge >= 0.3 is 0 Å². The molecule has 1 amide bonds. The van der Waals surface area contributed by atoms with E-state index in [4.69, 9.17) is 17.0 Å².